The van der Waals surface area contributed by atoms with Gasteiger partial charge >= 0.3 is 0 Å². The summed E-state index contributed by atoms with van der Waals surface area (Å²) in [6.45, 7) is 1.88. The van der Waals surface area contributed by atoms with Gasteiger partial charge in [0.1, 0.15) is 22.6 Å². The number of ether oxygens (including phenoxy) is 1. The Kier molecular flexibility index (Phi) is 5.79. The van der Waals surface area contributed by atoms with E-state index < -0.39 is 0 Å². The van der Waals surface area contributed by atoms with Crippen LogP contribution in [0, 0.1) is 29.6 Å². The molecule has 0 atom stereocenters. The number of thiazole rings is 1. The van der Waals surface area contributed by atoms with Crippen LogP contribution in [0.2, 0.25) is 0 Å². The number of methoxy groups -OCH3 is 1. The second-order valence-corrected chi connectivity index (χ2v) is 7.77. The van der Waals surface area contributed by atoms with Gasteiger partial charge in [-0.15, -0.1) is 11.3 Å². The maximum absolute atomic E-state index is 13.2. The van der Waals surface area contributed by atoms with Crippen LogP contribution in [0.15, 0.2) is 51.7 Å². The van der Waals surface area contributed by atoms with Gasteiger partial charge in [0.15, 0.2) is 5.57 Å². The van der Waals surface area contributed by atoms with E-state index in [0.717, 1.165) is 21.4 Å². The molecule has 0 aliphatic carbocycles. The molecule has 0 unspecified atom stereocenters. The van der Waals surface area contributed by atoms with Gasteiger partial charge < -0.3 is 4.74 Å². The fourth-order valence-corrected chi connectivity index (χ4v) is 4.18. The zero-order valence-corrected chi connectivity index (χ0v) is 17.5. The van der Waals surface area contributed by atoms with Gasteiger partial charge in [-0.3, -0.25) is 9.36 Å². The normalized spacial score (nSPS) is 11.0. The highest BCUT2D eigenvalue weighted by atomic mass is 79.9. The summed E-state index contributed by atoms with van der Waals surface area (Å²) in [5.74, 6) is 0.616. The number of nitriles is 2. The Bertz CT molecular complexity index is 1310. The number of hydrogen-bond acceptors (Lipinski definition) is 5. The quantitative estimate of drug-likeness (QED) is 0.612. The Morgan fingerprint density at radius 2 is 1.93 bits per heavy atom. The molecule has 28 heavy (non-hydrogen) atoms. The molecule has 0 spiro atoms. The fraction of sp³-hybridized carbons (Fsp3) is 0.0952. The molecule has 0 aliphatic heterocycles. The predicted molar refractivity (Wildman–Crippen MR) is 113 cm³/mol. The summed E-state index contributed by atoms with van der Waals surface area (Å²) < 4.78 is 8.36. The van der Waals surface area contributed by atoms with Crippen molar-refractivity contribution in [3.05, 3.63) is 77.6 Å². The van der Waals surface area contributed by atoms with Gasteiger partial charge in [-0.1, -0.05) is 34.1 Å². The molecule has 1 aromatic heterocycles. The summed E-state index contributed by atoms with van der Waals surface area (Å²) in [4.78, 5) is 13.2. The van der Waals surface area contributed by atoms with Crippen molar-refractivity contribution in [1.29, 1.82) is 10.5 Å². The van der Waals surface area contributed by atoms with Crippen LogP contribution in [0.1, 0.15) is 11.1 Å². The highest BCUT2D eigenvalue weighted by Crippen LogP contribution is 2.23. The SMILES string of the molecule is COc1ccc(Br)cc1C=c1sc(=C(C#N)C#N)n(-c2ccccc2C)c1=O. The number of para-hydroxylation sites is 1. The first-order valence-electron chi connectivity index (χ1n) is 8.17. The van der Waals surface area contributed by atoms with E-state index in [9.17, 15) is 15.3 Å². The maximum Gasteiger partial charge on any atom is 0.273 e. The molecule has 0 saturated heterocycles. The summed E-state index contributed by atoms with van der Waals surface area (Å²) >= 11 is 4.53. The van der Waals surface area contributed by atoms with Crippen LogP contribution in [0.5, 0.6) is 5.75 Å². The maximum atomic E-state index is 13.2. The molecule has 0 saturated carbocycles. The molecule has 5 nitrogen and oxygen atoms in total. The Hall–Kier alpha value is -3.13. The lowest BCUT2D eigenvalue weighted by Gasteiger charge is -2.05. The summed E-state index contributed by atoms with van der Waals surface area (Å²) in [6.07, 6.45) is 1.71. The van der Waals surface area contributed by atoms with E-state index in [2.05, 4.69) is 15.9 Å². The molecule has 7 heteroatoms. The van der Waals surface area contributed by atoms with Crippen molar-refractivity contribution >= 4 is 38.9 Å². The standard InChI is InChI=1S/C21H14BrN3O2S/c1-13-5-3-4-6-17(13)25-20(26)19(28-21(25)15(11-23)12-24)10-14-9-16(22)7-8-18(14)27-2/h3-10H,1-2H3. The van der Waals surface area contributed by atoms with Crippen LogP contribution < -0.4 is 19.5 Å². The van der Waals surface area contributed by atoms with Crippen molar-refractivity contribution in [2.45, 2.75) is 6.92 Å². The highest BCUT2D eigenvalue weighted by molar-refractivity contribution is 9.10. The van der Waals surface area contributed by atoms with E-state index in [-0.39, 0.29) is 11.1 Å². The molecule has 0 bridgehead atoms. The molecule has 2 aromatic carbocycles. The molecule has 0 amide bonds. The second kappa shape index (κ2) is 8.26. The first-order chi connectivity index (χ1) is 13.5. The van der Waals surface area contributed by atoms with Gasteiger partial charge in [0.25, 0.3) is 5.56 Å². The van der Waals surface area contributed by atoms with Crippen LogP contribution >= 0.6 is 27.3 Å². The predicted octanol–water partition coefficient (Wildman–Crippen LogP) is 3.01. The number of rotatable bonds is 3. The Labute approximate surface area is 173 Å². The minimum Gasteiger partial charge on any atom is -0.496 e. The number of benzene rings is 2. The number of aromatic nitrogens is 1. The monoisotopic (exact) mass is 451 g/mol. The molecule has 0 N–H and O–H groups in total. The van der Waals surface area contributed by atoms with Gasteiger partial charge in [-0.05, 0) is 42.8 Å². The molecule has 0 radical (unpaired) electrons. The number of hydrogen-bond donors (Lipinski definition) is 0. The number of aryl methyl sites for hydroxylation is 1. The molecular formula is C21H14BrN3O2S. The second-order valence-electron chi connectivity index (χ2n) is 5.83. The van der Waals surface area contributed by atoms with Gasteiger partial charge in [-0.2, -0.15) is 10.5 Å². The van der Waals surface area contributed by atoms with Gasteiger partial charge in [-0.25, -0.2) is 0 Å². The van der Waals surface area contributed by atoms with Crippen molar-refractivity contribution in [2.24, 2.45) is 0 Å². The van der Waals surface area contributed by atoms with E-state index in [1.54, 1.807) is 25.3 Å². The van der Waals surface area contributed by atoms with E-state index in [4.69, 9.17) is 4.74 Å². The minimum absolute atomic E-state index is 0.105. The first-order valence-corrected chi connectivity index (χ1v) is 9.78. The zero-order valence-electron chi connectivity index (χ0n) is 15.1. The van der Waals surface area contributed by atoms with Crippen LogP contribution in [0.25, 0.3) is 17.3 Å². The van der Waals surface area contributed by atoms with E-state index in [1.165, 1.54) is 4.57 Å². The lowest BCUT2D eigenvalue weighted by Crippen LogP contribution is -2.31. The molecule has 0 aliphatic rings. The zero-order chi connectivity index (χ0) is 20.3. The summed E-state index contributed by atoms with van der Waals surface area (Å²) in [5.41, 5.74) is 1.83. The molecular weight excluding hydrogens is 438 g/mol. The molecule has 138 valence electrons. The van der Waals surface area contributed by atoms with Crippen LogP contribution in [0.3, 0.4) is 0 Å². The third-order valence-corrected chi connectivity index (χ3v) is 5.68. The lowest BCUT2D eigenvalue weighted by atomic mass is 10.2. The van der Waals surface area contributed by atoms with Crippen molar-refractivity contribution < 1.29 is 4.74 Å². The topological polar surface area (TPSA) is 78.8 Å². The van der Waals surface area contributed by atoms with Crippen molar-refractivity contribution in [1.82, 2.24) is 4.57 Å². The van der Waals surface area contributed by atoms with Gasteiger partial charge in [0.2, 0.25) is 0 Å². The van der Waals surface area contributed by atoms with Crippen LogP contribution in [-0.4, -0.2) is 11.7 Å². The molecule has 1 heterocycles. The summed E-state index contributed by atoms with van der Waals surface area (Å²) in [7, 11) is 1.56. The summed E-state index contributed by atoms with van der Waals surface area (Å²) in [6, 6.07) is 16.6. The smallest absolute Gasteiger partial charge is 0.273 e. The van der Waals surface area contributed by atoms with Crippen molar-refractivity contribution in [3.63, 3.8) is 0 Å². The summed E-state index contributed by atoms with van der Waals surface area (Å²) in [5, 5.41) is 18.7. The average molecular weight is 452 g/mol. The third-order valence-electron chi connectivity index (χ3n) is 4.10. The largest absolute Gasteiger partial charge is 0.496 e. The Balaban J connectivity index is 2.45. The minimum atomic E-state index is -0.292. The molecule has 0 fully saturated rings. The average Bonchev–Trinajstić information content (AvgIpc) is 2.99. The first kappa shape index (κ1) is 19.6. The van der Waals surface area contributed by atoms with E-state index >= 15 is 0 Å². The highest BCUT2D eigenvalue weighted by Gasteiger charge is 2.13. The number of halogens is 1. The van der Waals surface area contributed by atoms with Gasteiger partial charge in [0.05, 0.1) is 17.3 Å². The Morgan fingerprint density at radius 1 is 1.21 bits per heavy atom. The van der Waals surface area contributed by atoms with E-state index in [0.29, 0.717) is 26.2 Å². The lowest BCUT2D eigenvalue weighted by molar-refractivity contribution is 0.414. The van der Waals surface area contributed by atoms with Crippen LogP contribution in [0.4, 0.5) is 0 Å². The molecule has 3 rings (SSSR count). The third kappa shape index (κ3) is 3.63. The fourth-order valence-electron chi connectivity index (χ4n) is 2.76. The Morgan fingerprint density at radius 3 is 2.57 bits per heavy atom. The van der Waals surface area contributed by atoms with Gasteiger partial charge in [0, 0.05) is 10.0 Å². The van der Waals surface area contributed by atoms with Crippen molar-refractivity contribution in [2.75, 3.05) is 7.11 Å². The number of nitrogens with zero attached hydrogens (tertiary/aromatic N) is 3. The van der Waals surface area contributed by atoms with Crippen molar-refractivity contribution in [3.8, 4) is 23.6 Å². The van der Waals surface area contributed by atoms with E-state index in [1.807, 2.05) is 49.4 Å². The molecule has 3 aromatic rings. The van der Waals surface area contributed by atoms with Crippen LogP contribution in [-0.2, 0) is 0 Å².